The summed E-state index contributed by atoms with van der Waals surface area (Å²) in [4.78, 5) is 34.5. The van der Waals surface area contributed by atoms with E-state index in [1.807, 2.05) is 52.8 Å². The first kappa shape index (κ1) is 38.2. The van der Waals surface area contributed by atoms with E-state index in [0.717, 1.165) is 48.8 Å². The van der Waals surface area contributed by atoms with Crippen molar-refractivity contribution >= 4 is 27.8 Å². The number of carbonyl (C=O) groups is 2. The first-order chi connectivity index (χ1) is 23.7. The predicted molar refractivity (Wildman–Crippen MR) is 198 cm³/mol. The van der Waals surface area contributed by atoms with Gasteiger partial charge in [0.1, 0.15) is 12.2 Å². The van der Waals surface area contributed by atoms with Crippen LogP contribution in [0.3, 0.4) is 0 Å². The van der Waals surface area contributed by atoms with Crippen LogP contribution in [0, 0.1) is 31.1 Å². The lowest BCUT2D eigenvalue weighted by Crippen LogP contribution is -2.41. The van der Waals surface area contributed by atoms with E-state index in [0.29, 0.717) is 11.3 Å². The number of ketones is 1. The van der Waals surface area contributed by atoms with Gasteiger partial charge in [-0.2, -0.15) is 4.98 Å². The average molecular weight is 720 g/mol. The molecule has 2 aromatic carbocycles. The van der Waals surface area contributed by atoms with Gasteiger partial charge in [-0.15, -0.1) is 0 Å². The van der Waals surface area contributed by atoms with Crippen LogP contribution in [-0.2, 0) is 14.8 Å². The quantitative estimate of drug-likeness (QED) is 0.172. The number of amides is 1. The lowest BCUT2D eigenvalue weighted by molar-refractivity contribution is 0.0485. The standard InChI is InChI=1S/C39H53N5O6S/c1-24-11-9-12-25(2)34(24)30-21-33(49-23-39(40)22-32(39)37(3,4)5)43-35(42-30)44-51(47,48)29-14-10-13-27(20-29)31(45)19-26-15-17-28(18-16-26)41-36(46)50-38(6,7)8/h9-14,20-21,26,28,32H,15-19,22-23,40H2,1-8H3,(H,41,46)(H,42,43,44). The van der Waals surface area contributed by atoms with E-state index in [1.54, 1.807) is 18.2 Å². The van der Waals surface area contributed by atoms with E-state index in [2.05, 4.69) is 40.8 Å². The molecule has 11 nitrogen and oxygen atoms in total. The van der Waals surface area contributed by atoms with Gasteiger partial charge in [0.25, 0.3) is 10.0 Å². The highest BCUT2D eigenvalue weighted by molar-refractivity contribution is 7.92. The number of ether oxygens (including phenoxy) is 2. The number of hydrogen-bond donors (Lipinski definition) is 3. The molecule has 1 aromatic heterocycles. The van der Waals surface area contributed by atoms with Crippen LogP contribution in [-0.4, -0.2) is 54.1 Å². The van der Waals surface area contributed by atoms with Gasteiger partial charge in [0.05, 0.1) is 16.1 Å². The molecule has 2 saturated carbocycles. The van der Waals surface area contributed by atoms with Crippen molar-refractivity contribution in [3.8, 4) is 17.1 Å². The van der Waals surface area contributed by atoms with Crippen LogP contribution >= 0.6 is 0 Å². The van der Waals surface area contributed by atoms with E-state index in [4.69, 9.17) is 15.2 Å². The fourth-order valence-corrected chi connectivity index (χ4v) is 8.12. The van der Waals surface area contributed by atoms with Gasteiger partial charge >= 0.3 is 6.09 Å². The fraction of sp³-hybridized carbons (Fsp3) is 0.538. The molecule has 2 unspecified atom stereocenters. The Morgan fingerprint density at radius 2 is 1.59 bits per heavy atom. The monoisotopic (exact) mass is 719 g/mol. The normalized spacial score (nSPS) is 22.2. The number of aromatic nitrogens is 2. The van der Waals surface area contributed by atoms with Crippen molar-refractivity contribution in [1.29, 1.82) is 0 Å². The highest BCUT2D eigenvalue weighted by atomic mass is 32.2. The molecule has 2 aliphatic carbocycles. The molecular formula is C39H53N5O6S. The van der Waals surface area contributed by atoms with Crippen molar-refractivity contribution in [2.75, 3.05) is 11.3 Å². The molecule has 0 aliphatic heterocycles. The summed E-state index contributed by atoms with van der Waals surface area (Å²) < 4.78 is 41.5. The van der Waals surface area contributed by atoms with Crippen molar-refractivity contribution in [1.82, 2.24) is 15.3 Å². The van der Waals surface area contributed by atoms with Crippen molar-refractivity contribution in [2.45, 2.75) is 116 Å². The summed E-state index contributed by atoms with van der Waals surface area (Å²) >= 11 is 0. The van der Waals surface area contributed by atoms with Crippen LogP contribution in [0.25, 0.3) is 11.3 Å². The molecule has 1 amide bonds. The maximum absolute atomic E-state index is 13.7. The Balaban J connectivity index is 1.29. The molecule has 2 fully saturated rings. The fourth-order valence-electron chi connectivity index (χ4n) is 7.13. The minimum Gasteiger partial charge on any atom is -0.476 e. The Kier molecular flexibility index (Phi) is 10.9. The molecule has 51 heavy (non-hydrogen) atoms. The van der Waals surface area contributed by atoms with Gasteiger partial charge in [0.15, 0.2) is 5.78 Å². The number of anilines is 1. The number of sulfonamides is 1. The summed E-state index contributed by atoms with van der Waals surface area (Å²) in [6.45, 7) is 16.1. The van der Waals surface area contributed by atoms with Crippen molar-refractivity contribution in [3.63, 3.8) is 0 Å². The van der Waals surface area contributed by atoms with Crippen LogP contribution in [0.15, 0.2) is 53.4 Å². The summed E-state index contributed by atoms with van der Waals surface area (Å²) in [7, 11) is -4.19. The maximum atomic E-state index is 13.7. The highest BCUT2D eigenvalue weighted by Crippen LogP contribution is 2.52. The van der Waals surface area contributed by atoms with Crippen molar-refractivity contribution < 1.29 is 27.5 Å². The molecule has 5 rings (SSSR count). The van der Waals surface area contributed by atoms with Crippen LogP contribution in [0.2, 0.25) is 0 Å². The number of nitrogens with one attached hydrogen (secondary N) is 2. The molecule has 0 bridgehead atoms. The van der Waals surface area contributed by atoms with Crippen LogP contribution in [0.4, 0.5) is 10.7 Å². The van der Waals surface area contributed by atoms with E-state index in [1.165, 1.54) is 12.1 Å². The second-order valence-electron chi connectivity index (χ2n) is 16.5. The van der Waals surface area contributed by atoms with Crippen LogP contribution < -0.4 is 20.5 Å². The minimum atomic E-state index is -4.19. The summed E-state index contributed by atoms with van der Waals surface area (Å²) in [6, 6.07) is 13.6. The smallest absolute Gasteiger partial charge is 0.407 e. The molecule has 1 heterocycles. The minimum absolute atomic E-state index is 0.00219. The van der Waals surface area contributed by atoms with Crippen molar-refractivity contribution in [3.05, 3.63) is 65.2 Å². The zero-order valence-corrected chi connectivity index (χ0v) is 31.9. The lowest BCUT2D eigenvalue weighted by atomic mass is 9.82. The number of alkyl carbamates (subject to hydrolysis) is 1. The third-order valence-corrected chi connectivity index (χ3v) is 11.2. The Labute approximate surface area is 302 Å². The molecule has 0 radical (unpaired) electrons. The molecule has 2 aliphatic rings. The molecule has 0 spiro atoms. The molecule has 3 aromatic rings. The maximum Gasteiger partial charge on any atom is 0.407 e. The third-order valence-electron chi connectivity index (χ3n) is 9.83. The van der Waals surface area contributed by atoms with Gasteiger partial charge < -0.3 is 20.5 Å². The highest BCUT2D eigenvalue weighted by Gasteiger charge is 2.57. The Hall–Kier alpha value is -4.03. The SMILES string of the molecule is Cc1cccc(C)c1-c1cc(OCC2(N)CC2C(C)(C)C)nc(NS(=O)(=O)c2cccc(C(=O)CC3CCC(NC(=O)OC(C)(C)C)CC3)c2)n1. The largest absolute Gasteiger partial charge is 0.476 e. The third kappa shape index (κ3) is 9.85. The molecule has 4 N–H and O–H groups in total. The number of benzene rings is 2. The summed E-state index contributed by atoms with van der Waals surface area (Å²) in [6.07, 6.45) is 3.70. The zero-order valence-electron chi connectivity index (χ0n) is 31.1. The Bertz CT molecular complexity index is 1850. The molecular weight excluding hydrogens is 667 g/mol. The van der Waals surface area contributed by atoms with E-state index in [-0.39, 0.29) is 58.8 Å². The topological polar surface area (TPSA) is 163 Å². The van der Waals surface area contributed by atoms with E-state index < -0.39 is 27.3 Å². The van der Waals surface area contributed by atoms with Crippen LogP contribution in [0.5, 0.6) is 5.88 Å². The molecule has 12 heteroatoms. The van der Waals surface area contributed by atoms with Gasteiger partial charge in [-0.25, -0.2) is 22.9 Å². The average Bonchev–Trinajstić information content (AvgIpc) is 3.72. The van der Waals surface area contributed by atoms with Gasteiger partial charge in [-0.05, 0) is 107 Å². The molecule has 2 atom stereocenters. The van der Waals surface area contributed by atoms with Crippen molar-refractivity contribution in [2.24, 2.45) is 23.0 Å². The summed E-state index contributed by atoms with van der Waals surface area (Å²) in [5.74, 6) is 0.351. The lowest BCUT2D eigenvalue weighted by Gasteiger charge is -2.29. The van der Waals surface area contributed by atoms with Gasteiger partial charge in [-0.1, -0.05) is 51.1 Å². The Morgan fingerprint density at radius 3 is 2.20 bits per heavy atom. The zero-order chi connectivity index (χ0) is 37.4. The number of hydrogen-bond acceptors (Lipinski definition) is 9. The van der Waals surface area contributed by atoms with E-state index >= 15 is 0 Å². The number of aryl methyl sites for hydroxylation is 2. The van der Waals surface area contributed by atoms with Gasteiger partial charge in [0.2, 0.25) is 11.8 Å². The number of carbonyl (C=O) groups excluding carboxylic acids is 2. The van der Waals surface area contributed by atoms with Gasteiger partial charge in [-0.3, -0.25) is 4.79 Å². The van der Waals surface area contributed by atoms with Gasteiger partial charge in [0, 0.05) is 29.7 Å². The number of Topliss-reactive ketones (excluding diaryl/α,β-unsaturated/α-hetero) is 1. The summed E-state index contributed by atoms with van der Waals surface area (Å²) in [5.41, 5.74) is 9.24. The summed E-state index contributed by atoms with van der Waals surface area (Å²) in [5, 5.41) is 2.93. The molecule has 0 saturated heterocycles. The Morgan fingerprint density at radius 1 is 0.941 bits per heavy atom. The molecule has 276 valence electrons. The number of nitrogens with two attached hydrogens (primary N) is 1. The first-order valence-electron chi connectivity index (χ1n) is 17.8. The van der Waals surface area contributed by atoms with Crippen LogP contribution in [0.1, 0.15) is 102 Å². The number of rotatable bonds is 11. The van der Waals surface area contributed by atoms with E-state index in [9.17, 15) is 18.0 Å². The second-order valence-corrected chi connectivity index (χ2v) is 18.1. The number of nitrogens with zero attached hydrogens (tertiary/aromatic N) is 2. The predicted octanol–water partition coefficient (Wildman–Crippen LogP) is 7.36. The first-order valence-corrected chi connectivity index (χ1v) is 19.2. The second kappa shape index (κ2) is 14.5.